The van der Waals surface area contributed by atoms with E-state index < -0.39 is 5.79 Å². The summed E-state index contributed by atoms with van der Waals surface area (Å²) in [6, 6.07) is 5.97. The molecule has 0 aromatic heterocycles. The summed E-state index contributed by atoms with van der Waals surface area (Å²) in [5, 5.41) is 9.77. The van der Waals surface area contributed by atoms with E-state index in [0.717, 1.165) is 12.8 Å². The second-order valence-corrected chi connectivity index (χ2v) is 7.90. The van der Waals surface area contributed by atoms with Crippen molar-refractivity contribution in [1.82, 2.24) is 0 Å². The highest BCUT2D eigenvalue weighted by Gasteiger charge is 2.62. The minimum absolute atomic E-state index is 0.0685. The summed E-state index contributed by atoms with van der Waals surface area (Å²) in [4.78, 5) is 0. The lowest BCUT2D eigenvalue weighted by Crippen LogP contribution is -2.52. The predicted molar refractivity (Wildman–Crippen MR) is 87.3 cm³/mol. The van der Waals surface area contributed by atoms with Gasteiger partial charge >= 0.3 is 0 Å². The first kappa shape index (κ1) is 14.1. The molecule has 1 saturated heterocycles. The number of benzene rings is 1. The number of aryl methyl sites for hydroxylation is 1. The third kappa shape index (κ3) is 1.72. The molecule has 3 nitrogen and oxygen atoms in total. The zero-order valence-electron chi connectivity index (χ0n) is 13.6. The number of allylic oxidation sites excluding steroid dienone is 1. The number of ether oxygens (including phenoxy) is 2. The third-order valence-electron chi connectivity index (χ3n) is 7.00. The number of rotatable bonds is 0. The van der Waals surface area contributed by atoms with Crippen LogP contribution in [0.5, 0.6) is 5.75 Å². The summed E-state index contributed by atoms with van der Waals surface area (Å²) in [7, 11) is 0. The fraction of sp³-hybridized carbons (Fsp3) is 0.600. The molecule has 4 atom stereocenters. The van der Waals surface area contributed by atoms with E-state index in [1.165, 1.54) is 24.0 Å². The van der Waals surface area contributed by atoms with E-state index in [4.69, 9.17) is 9.47 Å². The molecule has 1 aromatic rings. The van der Waals surface area contributed by atoms with Crippen LogP contribution in [-0.2, 0) is 15.9 Å². The van der Waals surface area contributed by atoms with Crippen LogP contribution in [0.4, 0.5) is 0 Å². The molecule has 3 aliphatic carbocycles. The van der Waals surface area contributed by atoms with Crippen molar-refractivity contribution in [2.24, 2.45) is 17.3 Å². The molecule has 1 N–H and O–H groups in total. The molecular formula is C20H24O3. The van der Waals surface area contributed by atoms with Gasteiger partial charge in [0.1, 0.15) is 5.75 Å². The maximum atomic E-state index is 9.77. The van der Waals surface area contributed by atoms with Gasteiger partial charge in [0.05, 0.1) is 13.2 Å². The molecule has 5 rings (SSSR count). The number of fused-ring (bicyclic) bond motifs is 6. The average molecular weight is 312 g/mol. The van der Waals surface area contributed by atoms with E-state index in [-0.39, 0.29) is 5.41 Å². The second-order valence-electron chi connectivity index (χ2n) is 7.90. The first-order valence-corrected chi connectivity index (χ1v) is 8.92. The molecule has 1 aromatic carbocycles. The van der Waals surface area contributed by atoms with Crippen molar-refractivity contribution in [3.05, 3.63) is 41.5 Å². The fourth-order valence-corrected chi connectivity index (χ4v) is 5.85. The number of hydrogen-bond acceptors (Lipinski definition) is 3. The molecule has 1 saturated carbocycles. The van der Waals surface area contributed by atoms with Crippen molar-refractivity contribution in [1.29, 1.82) is 0 Å². The lowest BCUT2D eigenvalue weighted by atomic mass is 9.54. The van der Waals surface area contributed by atoms with Crippen molar-refractivity contribution in [3.63, 3.8) is 0 Å². The third-order valence-corrected chi connectivity index (χ3v) is 7.00. The normalized spacial score (nSPS) is 40.0. The van der Waals surface area contributed by atoms with Gasteiger partial charge < -0.3 is 14.6 Å². The van der Waals surface area contributed by atoms with Crippen LogP contribution in [0.15, 0.2) is 30.4 Å². The molecule has 1 aliphatic heterocycles. The van der Waals surface area contributed by atoms with Gasteiger partial charge in [-0.25, -0.2) is 0 Å². The van der Waals surface area contributed by atoms with E-state index in [9.17, 15) is 5.11 Å². The van der Waals surface area contributed by atoms with Crippen LogP contribution in [-0.4, -0.2) is 24.1 Å². The van der Waals surface area contributed by atoms with E-state index >= 15 is 0 Å². The Bertz CT molecular complexity index is 673. The van der Waals surface area contributed by atoms with Crippen LogP contribution in [0.3, 0.4) is 0 Å². The molecule has 1 heterocycles. The lowest BCUT2D eigenvalue weighted by molar-refractivity contribution is -0.215. The second kappa shape index (κ2) is 4.61. The maximum Gasteiger partial charge on any atom is 0.193 e. The summed E-state index contributed by atoms with van der Waals surface area (Å²) >= 11 is 0. The predicted octanol–water partition coefficient (Wildman–Crippen LogP) is 3.77. The first-order chi connectivity index (χ1) is 11.1. The van der Waals surface area contributed by atoms with E-state index in [2.05, 4.69) is 25.1 Å². The zero-order chi connectivity index (χ0) is 15.7. The molecule has 1 spiro atoms. The van der Waals surface area contributed by atoms with Crippen molar-refractivity contribution in [3.8, 4) is 5.75 Å². The molecule has 4 aliphatic rings. The Kier molecular flexibility index (Phi) is 2.82. The average Bonchev–Trinajstić information content (AvgIpc) is 3.14. The number of aromatic hydroxyl groups is 1. The van der Waals surface area contributed by atoms with E-state index in [1.807, 2.05) is 12.1 Å². The van der Waals surface area contributed by atoms with Crippen LogP contribution >= 0.6 is 0 Å². The molecule has 0 amide bonds. The summed E-state index contributed by atoms with van der Waals surface area (Å²) in [5.74, 6) is 1.72. The molecule has 23 heavy (non-hydrogen) atoms. The summed E-state index contributed by atoms with van der Waals surface area (Å²) in [6.45, 7) is 3.79. The highest BCUT2D eigenvalue weighted by molar-refractivity contribution is 5.41. The van der Waals surface area contributed by atoms with Gasteiger partial charge in [0, 0.05) is 5.41 Å². The Labute approximate surface area is 137 Å². The maximum absolute atomic E-state index is 9.77. The monoisotopic (exact) mass is 312 g/mol. The molecular weight excluding hydrogens is 288 g/mol. The Morgan fingerprint density at radius 3 is 2.83 bits per heavy atom. The minimum Gasteiger partial charge on any atom is -0.508 e. The Hall–Kier alpha value is -1.32. The lowest BCUT2D eigenvalue weighted by Gasteiger charge is -2.52. The topological polar surface area (TPSA) is 38.7 Å². The Morgan fingerprint density at radius 2 is 2.00 bits per heavy atom. The SMILES string of the molecule is C[C@]12CCC3c4ccc(O)cc4CCC3C1C=CC21OCCO1. The highest BCUT2D eigenvalue weighted by Crippen LogP contribution is 2.63. The number of phenols is 1. The van der Waals surface area contributed by atoms with Gasteiger partial charge in [-0.05, 0) is 72.8 Å². The van der Waals surface area contributed by atoms with E-state index in [0.29, 0.717) is 36.7 Å². The van der Waals surface area contributed by atoms with Crippen molar-refractivity contribution in [2.45, 2.75) is 44.3 Å². The molecule has 3 heteroatoms. The highest BCUT2D eigenvalue weighted by atomic mass is 16.7. The van der Waals surface area contributed by atoms with Crippen molar-refractivity contribution < 1.29 is 14.6 Å². The summed E-state index contributed by atoms with van der Waals surface area (Å²) in [5.41, 5.74) is 2.88. The molecule has 2 fully saturated rings. The summed E-state index contributed by atoms with van der Waals surface area (Å²) in [6.07, 6.45) is 9.17. The van der Waals surface area contributed by atoms with Crippen LogP contribution in [0.1, 0.15) is 43.2 Å². The van der Waals surface area contributed by atoms with Crippen LogP contribution in [0.25, 0.3) is 0 Å². The fourth-order valence-electron chi connectivity index (χ4n) is 5.85. The van der Waals surface area contributed by atoms with Crippen LogP contribution in [0, 0.1) is 17.3 Å². The Balaban J connectivity index is 1.53. The van der Waals surface area contributed by atoms with Gasteiger partial charge in [0.2, 0.25) is 0 Å². The molecule has 0 radical (unpaired) electrons. The van der Waals surface area contributed by atoms with Gasteiger partial charge in [0.25, 0.3) is 0 Å². The smallest absolute Gasteiger partial charge is 0.193 e. The summed E-state index contributed by atoms with van der Waals surface area (Å²) < 4.78 is 12.2. The van der Waals surface area contributed by atoms with Gasteiger partial charge in [-0.1, -0.05) is 19.1 Å². The zero-order valence-corrected chi connectivity index (χ0v) is 13.6. The minimum atomic E-state index is -0.474. The number of phenolic OH excluding ortho intramolecular Hbond substituents is 1. The van der Waals surface area contributed by atoms with Crippen molar-refractivity contribution >= 4 is 0 Å². The molecule has 0 bridgehead atoms. The van der Waals surface area contributed by atoms with Gasteiger partial charge in [-0.3, -0.25) is 0 Å². The first-order valence-electron chi connectivity index (χ1n) is 8.92. The quantitative estimate of drug-likeness (QED) is 0.741. The van der Waals surface area contributed by atoms with E-state index in [1.54, 1.807) is 0 Å². The van der Waals surface area contributed by atoms with Crippen LogP contribution < -0.4 is 0 Å². The van der Waals surface area contributed by atoms with Crippen molar-refractivity contribution in [2.75, 3.05) is 13.2 Å². The standard InChI is InChI=1S/C20H24O3/c1-19-8-6-16-15-5-3-14(21)12-13(15)2-4-17(16)18(19)7-9-20(19)22-10-11-23-20/h3,5,7,9,12,16-18,21H,2,4,6,8,10-11H2,1H3/t16?,17?,18?,19-/m0/s1. The van der Waals surface area contributed by atoms with Gasteiger partial charge in [-0.15, -0.1) is 0 Å². The molecule has 3 unspecified atom stereocenters. The largest absolute Gasteiger partial charge is 0.508 e. The van der Waals surface area contributed by atoms with Gasteiger partial charge in [0.15, 0.2) is 5.79 Å². The van der Waals surface area contributed by atoms with Gasteiger partial charge in [-0.2, -0.15) is 0 Å². The number of hydrogen-bond donors (Lipinski definition) is 1. The Morgan fingerprint density at radius 1 is 1.17 bits per heavy atom. The molecule has 122 valence electrons. The van der Waals surface area contributed by atoms with Crippen LogP contribution in [0.2, 0.25) is 0 Å².